The fourth-order valence-electron chi connectivity index (χ4n) is 1.32. The van der Waals surface area contributed by atoms with Crippen molar-refractivity contribution in [3.05, 3.63) is 29.8 Å². The van der Waals surface area contributed by atoms with Gasteiger partial charge >= 0.3 is 0 Å². The SMILES string of the molecule is CCCCOCCNC(=O)c1ccc(N)cc1. The molecule has 0 unspecified atom stereocenters. The molecule has 1 aromatic rings. The second-order valence-corrected chi connectivity index (χ2v) is 3.84. The van der Waals surface area contributed by atoms with Crippen molar-refractivity contribution in [2.75, 3.05) is 25.5 Å². The molecule has 0 fully saturated rings. The van der Waals surface area contributed by atoms with E-state index in [0.717, 1.165) is 19.4 Å². The molecule has 94 valence electrons. The van der Waals surface area contributed by atoms with E-state index in [0.29, 0.717) is 24.4 Å². The molecule has 0 aromatic heterocycles. The molecule has 0 heterocycles. The highest BCUT2D eigenvalue weighted by Crippen LogP contribution is 2.04. The summed E-state index contributed by atoms with van der Waals surface area (Å²) in [5.74, 6) is -0.0934. The van der Waals surface area contributed by atoms with E-state index in [9.17, 15) is 4.79 Å². The minimum absolute atomic E-state index is 0.0934. The molecular weight excluding hydrogens is 216 g/mol. The van der Waals surface area contributed by atoms with Gasteiger partial charge in [0.25, 0.3) is 5.91 Å². The fourth-order valence-corrected chi connectivity index (χ4v) is 1.32. The second-order valence-electron chi connectivity index (χ2n) is 3.84. The van der Waals surface area contributed by atoms with E-state index in [1.54, 1.807) is 24.3 Å². The van der Waals surface area contributed by atoms with E-state index in [2.05, 4.69) is 12.2 Å². The van der Waals surface area contributed by atoms with Crippen LogP contribution in [0.5, 0.6) is 0 Å². The minimum atomic E-state index is -0.0934. The van der Waals surface area contributed by atoms with E-state index < -0.39 is 0 Å². The van der Waals surface area contributed by atoms with Crippen LogP contribution < -0.4 is 11.1 Å². The molecule has 0 radical (unpaired) electrons. The standard InChI is InChI=1S/C13H20N2O2/c1-2-3-9-17-10-8-15-13(16)11-4-6-12(14)7-5-11/h4-7H,2-3,8-10,14H2,1H3,(H,15,16). The van der Waals surface area contributed by atoms with Crippen LogP contribution in [-0.4, -0.2) is 25.7 Å². The number of rotatable bonds is 7. The zero-order valence-electron chi connectivity index (χ0n) is 10.2. The van der Waals surface area contributed by atoms with Crippen LogP contribution in [-0.2, 0) is 4.74 Å². The van der Waals surface area contributed by atoms with Gasteiger partial charge in [-0.15, -0.1) is 0 Å². The van der Waals surface area contributed by atoms with Gasteiger partial charge in [-0.1, -0.05) is 13.3 Å². The molecule has 0 saturated carbocycles. The van der Waals surface area contributed by atoms with Gasteiger partial charge in [0.15, 0.2) is 0 Å². The van der Waals surface area contributed by atoms with Gasteiger partial charge < -0.3 is 15.8 Å². The number of hydrogen-bond acceptors (Lipinski definition) is 3. The summed E-state index contributed by atoms with van der Waals surface area (Å²) in [6, 6.07) is 6.85. The highest BCUT2D eigenvalue weighted by Gasteiger charge is 2.03. The predicted molar refractivity (Wildman–Crippen MR) is 68.9 cm³/mol. The van der Waals surface area contributed by atoms with Gasteiger partial charge in [-0.05, 0) is 30.7 Å². The molecule has 4 heteroatoms. The second kappa shape index (κ2) is 7.68. The van der Waals surface area contributed by atoms with Crippen molar-refractivity contribution in [2.24, 2.45) is 0 Å². The molecule has 3 N–H and O–H groups in total. The van der Waals surface area contributed by atoms with Crippen molar-refractivity contribution >= 4 is 11.6 Å². The first-order chi connectivity index (χ1) is 8.24. The molecule has 1 aromatic carbocycles. The van der Waals surface area contributed by atoms with Gasteiger partial charge in [0.05, 0.1) is 6.61 Å². The lowest BCUT2D eigenvalue weighted by Crippen LogP contribution is -2.27. The molecule has 0 saturated heterocycles. The molecule has 1 rings (SSSR count). The van der Waals surface area contributed by atoms with Crippen molar-refractivity contribution in [3.8, 4) is 0 Å². The number of nitrogens with one attached hydrogen (secondary N) is 1. The van der Waals surface area contributed by atoms with E-state index in [-0.39, 0.29) is 5.91 Å². The molecule has 0 bridgehead atoms. The van der Waals surface area contributed by atoms with Gasteiger partial charge in [0, 0.05) is 24.4 Å². The van der Waals surface area contributed by atoms with E-state index in [1.807, 2.05) is 0 Å². The lowest BCUT2D eigenvalue weighted by Gasteiger charge is -2.06. The first kappa shape index (κ1) is 13.5. The minimum Gasteiger partial charge on any atom is -0.399 e. The maximum atomic E-state index is 11.6. The number of ether oxygens (including phenoxy) is 1. The zero-order valence-corrected chi connectivity index (χ0v) is 10.2. The average Bonchev–Trinajstić information content (AvgIpc) is 2.34. The summed E-state index contributed by atoms with van der Waals surface area (Å²) in [5, 5.41) is 2.79. The number of unbranched alkanes of at least 4 members (excludes halogenated alkanes) is 1. The molecule has 0 spiro atoms. The third kappa shape index (κ3) is 5.36. The largest absolute Gasteiger partial charge is 0.399 e. The van der Waals surface area contributed by atoms with Gasteiger partial charge in [-0.25, -0.2) is 0 Å². The highest BCUT2D eigenvalue weighted by molar-refractivity contribution is 5.94. The molecule has 0 atom stereocenters. The number of hydrogen-bond donors (Lipinski definition) is 2. The number of amides is 1. The Morgan fingerprint density at radius 3 is 2.65 bits per heavy atom. The summed E-state index contributed by atoms with van der Waals surface area (Å²) >= 11 is 0. The molecule has 0 aliphatic heterocycles. The summed E-state index contributed by atoms with van der Waals surface area (Å²) < 4.78 is 5.34. The topological polar surface area (TPSA) is 64.3 Å². The number of nitrogen functional groups attached to an aromatic ring is 1. The highest BCUT2D eigenvalue weighted by atomic mass is 16.5. The summed E-state index contributed by atoms with van der Waals surface area (Å²) in [7, 11) is 0. The average molecular weight is 236 g/mol. The summed E-state index contributed by atoms with van der Waals surface area (Å²) in [6.45, 7) is 3.97. The summed E-state index contributed by atoms with van der Waals surface area (Å²) in [5.41, 5.74) is 6.82. The first-order valence-electron chi connectivity index (χ1n) is 5.95. The monoisotopic (exact) mass is 236 g/mol. The van der Waals surface area contributed by atoms with Crippen LogP contribution in [0, 0.1) is 0 Å². The maximum Gasteiger partial charge on any atom is 0.251 e. The molecule has 1 amide bonds. The Morgan fingerprint density at radius 2 is 2.00 bits per heavy atom. The third-order valence-electron chi connectivity index (χ3n) is 2.35. The van der Waals surface area contributed by atoms with Crippen LogP contribution in [0.3, 0.4) is 0 Å². The van der Waals surface area contributed by atoms with Crippen molar-refractivity contribution in [1.29, 1.82) is 0 Å². The molecule has 4 nitrogen and oxygen atoms in total. The Hall–Kier alpha value is -1.55. The number of nitrogens with two attached hydrogens (primary N) is 1. The Kier molecular flexibility index (Phi) is 6.10. The molecular formula is C13H20N2O2. The number of anilines is 1. The summed E-state index contributed by atoms with van der Waals surface area (Å²) in [4.78, 5) is 11.6. The van der Waals surface area contributed by atoms with Crippen molar-refractivity contribution in [1.82, 2.24) is 5.32 Å². The molecule has 0 aliphatic carbocycles. The van der Waals surface area contributed by atoms with Crippen LogP contribution in [0.15, 0.2) is 24.3 Å². The zero-order chi connectivity index (χ0) is 12.5. The predicted octanol–water partition coefficient (Wildman–Crippen LogP) is 1.82. The van der Waals surface area contributed by atoms with Gasteiger partial charge in [0.1, 0.15) is 0 Å². The van der Waals surface area contributed by atoms with Crippen molar-refractivity contribution < 1.29 is 9.53 Å². The molecule has 17 heavy (non-hydrogen) atoms. The lowest BCUT2D eigenvalue weighted by atomic mass is 10.2. The van der Waals surface area contributed by atoms with Crippen molar-refractivity contribution in [3.63, 3.8) is 0 Å². The van der Waals surface area contributed by atoms with Crippen LogP contribution in [0.2, 0.25) is 0 Å². The van der Waals surface area contributed by atoms with Gasteiger partial charge in [0.2, 0.25) is 0 Å². The van der Waals surface area contributed by atoms with Crippen molar-refractivity contribution in [2.45, 2.75) is 19.8 Å². The molecule has 0 aliphatic rings. The van der Waals surface area contributed by atoms with Crippen LogP contribution in [0.25, 0.3) is 0 Å². The van der Waals surface area contributed by atoms with Crippen LogP contribution in [0.4, 0.5) is 5.69 Å². The van der Waals surface area contributed by atoms with Gasteiger partial charge in [-0.3, -0.25) is 4.79 Å². The quantitative estimate of drug-likeness (QED) is 0.560. The summed E-state index contributed by atoms with van der Waals surface area (Å²) in [6.07, 6.45) is 2.18. The number of carbonyl (C=O) groups excluding carboxylic acids is 1. The number of benzene rings is 1. The van der Waals surface area contributed by atoms with E-state index in [4.69, 9.17) is 10.5 Å². The fraction of sp³-hybridized carbons (Fsp3) is 0.462. The van der Waals surface area contributed by atoms with Crippen LogP contribution in [0.1, 0.15) is 30.1 Å². The van der Waals surface area contributed by atoms with E-state index >= 15 is 0 Å². The lowest BCUT2D eigenvalue weighted by molar-refractivity contribution is 0.0913. The smallest absolute Gasteiger partial charge is 0.251 e. The Labute approximate surface area is 102 Å². The Bertz CT molecular complexity index is 336. The Balaban J connectivity index is 2.19. The van der Waals surface area contributed by atoms with Gasteiger partial charge in [-0.2, -0.15) is 0 Å². The maximum absolute atomic E-state index is 11.6. The number of carbonyl (C=O) groups is 1. The normalized spacial score (nSPS) is 10.2. The Morgan fingerprint density at radius 1 is 1.29 bits per heavy atom. The third-order valence-corrected chi connectivity index (χ3v) is 2.35. The van der Waals surface area contributed by atoms with E-state index in [1.165, 1.54) is 0 Å². The van der Waals surface area contributed by atoms with Crippen LogP contribution >= 0.6 is 0 Å². The first-order valence-corrected chi connectivity index (χ1v) is 5.95.